The average Bonchev–Trinajstić information content (AvgIpc) is 3.10. The molecule has 1 saturated heterocycles. The second-order valence-electron chi connectivity index (χ2n) is 5.70. The van der Waals surface area contributed by atoms with E-state index in [1.807, 2.05) is 12.3 Å². The molecule has 1 aliphatic rings. The minimum Gasteiger partial charge on any atom is -0.381 e. The second kappa shape index (κ2) is 13.4. The summed E-state index contributed by atoms with van der Waals surface area (Å²) in [5.74, 6) is 1.42. The first-order valence-electron chi connectivity index (χ1n) is 8.37. The van der Waals surface area contributed by atoms with E-state index in [4.69, 9.17) is 9.47 Å². The molecule has 0 radical (unpaired) electrons. The number of hydrogen-bond acceptors (Lipinski definition) is 4. The number of halogens is 1. The van der Waals surface area contributed by atoms with Crippen LogP contribution in [0.1, 0.15) is 18.4 Å². The molecule has 2 N–H and O–H groups in total. The number of pyridine rings is 1. The Morgan fingerprint density at radius 3 is 3.00 bits per heavy atom. The quantitative estimate of drug-likeness (QED) is 0.261. The normalized spacial score (nSPS) is 17.4. The number of nitrogens with zero attached hydrogens (tertiary/aromatic N) is 2. The summed E-state index contributed by atoms with van der Waals surface area (Å²) >= 11 is 0. The smallest absolute Gasteiger partial charge is 0.190 e. The minimum absolute atomic E-state index is 0. The molecule has 1 fully saturated rings. The highest BCUT2D eigenvalue weighted by molar-refractivity contribution is 14.0. The Morgan fingerprint density at radius 2 is 2.29 bits per heavy atom. The molecule has 1 aromatic rings. The lowest BCUT2D eigenvalue weighted by atomic mass is 10.1. The van der Waals surface area contributed by atoms with Gasteiger partial charge in [0.25, 0.3) is 0 Å². The van der Waals surface area contributed by atoms with Crippen LogP contribution in [-0.2, 0) is 15.9 Å². The highest BCUT2D eigenvalue weighted by Crippen LogP contribution is 2.12. The molecular weight excluding hydrogens is 419 g/mol. The first-order chi connectivity index (χ1) is 11.4. The Kier molecular flexibility index (Phi) is 11.8. The maximum Gasteiger partial charge on any atom is 0.190 e. The summed E-state index contributed by atoms with van der Waals surface area (Å²) in [5.41, 5.74) is 1.22. The van der Waals surface area contributed by atoms with Crippen molar-refractivity contribution < 1.29 is 9.47 Å². The van der Waals surface area contributed by atoms with Gasteiger partial charge in [0.1, 0.15) is 0 Å². The third-order valence-corrected chi connectivity index (χ3v) is 3.79. The van der Waals surface area contributed by atoms with Crippen LogP contribution in [0.2, 0.25) is 0 Å². The summed E-state index contributed by atoms with van der Waals surface area (Å²) in [7, 11) is 1.79. The van der Waals surface area contributed by atoms with Gasteiger partial charge in [0, 0.05) is 51.7 Å². The molecule has 7 heteroatoms. The van der Waals surface area contributed by atoms with E-state index >= 15 is 0 Å². The summed E-state index contributed by atoms with van der Waals surface area (Å²) in [5, 5.41) is 6.61. The molecule has 2 heterocycles. The van der Waals surface area contributed by atoms with Crippen LogP contribution in [0.15, 0.2) is 29.5 Å². The molecular formula is C17H29IN4O2. The molecule has 6 nitrogen and oxygen atoms in total. The van der Waals surface area contributed by atoms with E-state index < -0.39 is 0 Å². The summed E-state index contributed by atoms with van der Waals surface area (Å²) in [6.45, 7) is 5.02. The van der Waals surface area contributed by atoms with Crippen molar-refractivity contribution >= 4 is 29.9 Å². The SMILES string of the molecule is CN=C(NCCCOCC1CCOC1)NCCc1cccnc1.I. The highest BCUT2D eigenvalue weighted by Gasteiger charge is 2.15. The Hall–Kier alpha value is -0.930. The molecule has 1 aromatic heterocycles. The van der Waals surface area contributed by atoms with Gasteiger partial charge in [0.15, 0.2) is 5.96 Å². The van der Waals surface area contributed by atoms with Gasteiger partial charge >= 0.3 is 0 Å². The van der Waals surface area contributed by atoms with E-state index in [-0.39, 0.29) is 24.0 Å². The maximum absolute atomic E-state index is 5.68. The summed E-state index contributed by atoms with van der Waals surface area (Å²) in [6.07, 6.45) is 6.72. The lowest BCUT2D eigenvalue weighted by Gasteiger charge is -2.12. The molecule has 136 valence electrons. The van der Waals surface area contributed by atoms with Gasteiger partial charge in [-0.3, -0.25) is 9.98 Å². The monoisotopic (exact) mass is 448 g/mol. The third kappa shape index (κ3) is 8.79. The van der Waals surface area contributed by atoms with Crippen molar-refractivity contribution in [2.75, 3.05) is 46.6 Å². The summed E-state index contributed by atoms with van der Waals surface area (Å²) in [4.78, 5) is 8.34. The first-order valence-corrected chi connectivity index (χ1v) is 8.37. The Labute approximate surface area is 161 Å². The lowest BCUT2D eigenvalue weighted by Crippen LogP contribution is -2.39. The van der Waals surface area contributed by atoms with Crippen LogP contribution in [0.25, 0.3) is 0 Å². The largest absolute Gasteiger partial charge is 0.381 e. The van der Waals surface area contributed by atoms with Gasteiger partial charge in [-0.25, -0.2) is 0 Å². The fourth-order valence-electron chi connectivity index (χ4n) is 2.44. The van der Waals surface area contributed by atoms with Crippen molar-refractivity contribution in [3.8, 4) is 0 Å². The molecule has 2 rings (SSSR count). The van der Waals surface area contributed by atoms with Crippen molar-refractivity contribution in [2.24, 2.45) is 10.9 Å². The van der Waals surface area contributed by atoms with E-state index in [2.05, 4.69) is 26.7 Å². The number of rotatable bonds is 9. The Morgan fingerprint density at radius 1 is 1.42 bits per heavy atom. The number of aromatic nitrogens is 1. The zero-order chi connectivity index (χ0) is 16.2. The fraction of sp³-hybridized carbons (Fsp3) is 0.647. The van der Waals surface area contributed by atoms with Crippen LogP contribution in [-0.4, -0.2) is 57.5 Å². The summed E-state index contributed by atoms with van der Waals surface area (Å²) in [6, 6.07) is 4.04. The van der Waals surface area contributed by atoms with E-state index in [1.54, 1.807) is 13.2 Å². The number of nitrogens with one attached hydrogen (secondary N) is 2. The Balaban J connectivity index is 0.00000288. The van der Waals surface area contributed by atoms with Crippen molar-refractivity contribution in [3.05, 3.63) is 30.1 Å². The van der Waals surface area contributed by atoms with Gasteiger partial charge in [-0.1, -0.05) is 6.07 Å². The number of hydrogen-bond donors (Lipinski definition) is 2. The van der Waals surface area contributed by atoms with Crippen LogP contribution in [0, 0.1) is 5.92 Å². The van der Waals surface area contributed by atoms with Gasteiger partial charge in [0.2, 0.25) is 0 Å². The Bertz CT molecular complexity index is 453. The fourth-order valence-corrected chi connectivity index (χ4v) is 2.44. The molecule has 0 spiro atoms. The van der Waals surface area contributed by atoms with Gasteiger partial charge in [-0.15, -0.1) is 24.0 Å². The first kappa shape index (κ1) is 21.1. The molecule has 0 aromatic carbocycles. The van der Waals surface area contributed by atoms with Crippen LogP contribution >= 0.6 is 24.0 Å². The van der Waals surface area contributed by atoms with E-state index in [0.29, 0.717) is 5.92 Å². The minimum atomic E-state index is 0. The standard InChI is InChI=1S/C17H28N4O2.HI/c1-18-17(21-9-5-15-4-2-7-19-12-15)20-8-3-10-22-13-16-6-11-23-14-16;/h2,4,7,12,16H,3,5-6,8-11,13-14H2,1H3,(H2,18,20,21);1H. The van der Waals surface area contributed by atoms with Crippen molar-refractivity contribution in [2.45, 2.75) is 19.3 Å². The van der Waals surface area contributed by atoms with E-state index in [1.165, 1.54) is 5.56 Å². The van der Waals surface area contributed by atoms with Crippen molar-refractivity contribution in [1.29, 1.82) is 0 Å². The topological polar surface area (TPSA) is 67.8 Å². The highest BCUT2D eigenvalue weighted by atomic mass is 127. The predicted octanol–water partition coefficient (Wildman–Crippen LogP) is 1.85. The lowest BCUT2D eigenvalue weighted by molar-refractivity contribution is 0.0888. The van der Waals surface area contributed by atoms with Gasteiger partial charge < -0.3 is 20.1 Å². The molecule has 1 unspecified atom stereocenters. The second-order valence-corrected chi connectivity index (χ2v) is 5.70. The third-order valence-electron chi connectivity index (χ3n) is 3.79. The molecule has 0 aliphatic carbocycles. The molecule has 1 atom stereocenters. The zero-order valence-electron chi connectivity index (χ0n) is 14.4. The number of guanidine groups is 1. The van der Waals surface area contributed by atoms with Gasteiger partial charge in [-0.05, 0) is 30.9 Å². The van der Waals surface area contributed by atoms with Crippen LogP contribution < -0.4 is 10.6 Å². The van der Waals surface area contributed by atoms with Gasteiger partial charge in [0.05, 0.1) is 13.2 Å². The number of aliphatic imine (C=N–C) groups is 1. The molecule has 0 bridgehead atoms. The molecule has 0 saturated carbocycles. The maximum atomic E-state index is 5.68. The van der Waals surface area contributed by atoms with Crippen LogP contribution in [0.4, 0.5) is 0 Å². The number of ether oxygens (including phenoxy) is 2. The average molecular weight is 448 g/mol. The van der Waals surface area contributed by atoms with E-state index in [9.17, 15) is 0 Å². The molecule has 0 amide bonds. The van der Waals surface area contributed by atoms with E-state index in [0.717, 1.165) is 64.7 Å². The van der Waals surface area contributed by atoms with Crippen LogP contribution in [0.5, 0.6) is 0 Å². The molecule has 24 heavy (non-hydrogen) atoms. The zero-order valence-corrected chi connectivity index (χ0v) is 16.7. The van der Waals surface area contributed by atoms with Crippen LogP contribution in [0.3, 0.4) is 0 Å². The van der Waals surface area contributed by atoms with Gasteiger partial charge in [-0.2, -0.15) is 0 Å². The molecule has 1 aliphatic heterocycles. The predicted molar refractivity (Wildman–Crippen MR) is 107 cm³/mol. The van der Waals surface area contributed by atoms with Crippen molar-refractivity contribution in [1.82, 2.24) is 15.6 Å². The summed E-state index contributed by atoms with van der Waals surface area (Å²) < 4.78 is 11.0. The van der Waals surface area contributed by atoms with Crippen molar-refractivity contribution in [3.63, 3.8) is 0 Å².